The normalized spacial score (nSPS) is 21.6. The van der Waals surface area contributed by atoms with Gasteiger partial charge in [0.25, 0.3) is 6.71 Å². The van der Waals surface area contributed by atoms with E-state index in [0.29, 0.717) is 0 Å². The van der Waals surface area contributed by atoms with Gasteiger partial charge in [-0.25, -0.2) is 0 Å². The molecule has 70 heavy (non-hydrogen) atoms. The van der Waals surface area contributed by atoms with E-state index in [0.717, 1.165) is 12.8 Å². The van der Waals surface area contributed by atoms with Crippen LogP contribution in [0.1, 0.15) is 149 Å². The molecule has 6 aromatic carbocycles. The summed E-state index contributed by atoms with van der Waals surface area (Å²) in [5, 5.41) is 0. The fraction of sp³-hybridized carbons (Fsp3) is 0.369. The zero-order valence-corrected chi connectivity index (χ0v) is 43.9. The summed E-state index contributed by atoms with van der Waals surface area (Å²) in [6, 6.07) is 50.4. The number of anilines is 8. The Kier molecular flexibility index (Phi) is 9.81. The van der Waals surface area contributed by atoms with Crippen molar-refractivity contribution in [3.05, 3.63) is 168 Å². The van der Waals surface area contributed by atoms with Gasteiger partial charge < -0.3 is 14.7 Å². The zero-order chi connectivity index (χ0) is 48.9. The maximum atomic E-state index is 4.38. The molecule has 0 N–H and O–H groups in total. The quantitative estimate of drug-likeness (QED) is 0.164. The molecule has 0 spiro atoms. The molecule has 1 saturated carbocycles. The summed E-state index contributed by atoms with van der Waals surface area (Å²) in [6.07, 6.45) is 10.9. The van der Waals surface area contributed by atoms with Gasteiger partial charge >= 0.3 is 0 Å². The number of hydrogen-bond donors (Lipinski definition) is 0. The van der Waals surface area contributed by atoms with Gasteiger partial charge in [-0.1, -0.05) is 144 Å². The lowest BCUT2D eigenvalue weighted by Crippen LogP contribution is -2.62. The van der Waals surface area contributed by atoms with Crippen LogP contribution in [0.25, 0.3) is 11.1 Å². The molecule has 2 aliphatic carbocycles. The van der Waals surface area contributed by atoms with E-state index in [1.165, 1.54) is 127 Å². The van der Waals surface area contributed by atoms with E-state index in [1.54, 1.807) is 0 Å². The van der Waals surface area contributed by atoms with Crippen molar-refractivity contribution in [2.75, 3.05) is 14.7 Å². The molecule has 0 saturated heterocycles. The van der Waals surface area contributed by atoms with Gasteiger partial charge in [0.1, 0.15) is 0 Å². The van der Waals surface area contributed by atoms with Crippen molar-refractivity contribution in [1.82, 2.24) is 4.98 Å². The van der Waals surface area contributed by atoms with Gasteiger partial charge in [0.2, 0.25) is 0 Å². The Morgan fingerprint density at radius 1 is 0.457 bits per heavy atom. The van der Waals surface area contributed by atoms with Gasteiger partial charge in [0.15, 0.2) is 0 Å². The highest BCUT2D eigenvalue weighted by atomic mass is 15.3. The summed E-state index contributed by atoms with van der Waals surface area (Å²) in [4.78, 5) is 12.5. The second kappa shape index (κ2) is 15.2. The number of hydrogen-bond acceptors (Lipinski definition) is 4. The smallest absolute Gasteiger partial charge is 0.252 e. The SMILES string of the molecule is CC(C)(C)c1cccc(N2c3cc(C(C)(C)C)ccc3B3c4cc5c(cc4N(c4ccccc4)c4cc(N6c7ccc(-c8ccncc8)cc7C7(C)CCCCC67C)cc2c43)C(C)(C)CCC5(C)C)c1. The molecule has 12 rings (SSSR count). The van der Waals surface area contributed by atoms with E-state index in [2.05, 4.69) is 230 Å². The van der Waals surface area contributed by atoms with E-state index >= 15 is 0 Å². The van der Waals surface area contributed by atoms with Crippen LogP contribution < -0.4 is 31.1 Å². The number of fused-ring (bicyclic) bond motifs is 8. The minimum atomic E-state index is -0.160. The lowest BCUT2D eigenvalue weighted by molar-refractivity contribution is 0.195. The van der Waals surface area contributed by atoms with Crippen LogP contribution in [-0.4, -0.2) is 17.2 Å². The Morgan fingerprint density at radius 2 is 1.07 bits per heavy atom. The first-order valence-corrected chi connectivity index (χ1v) is 26.3. The number of benzene rings is 6. The van der Waals surface area contributed by atoms with Crippen LogP contribution in [0.2, 0.25) is 0 Å². The van der Waals surface area contributed by atoms with Crippen LogP contribution in [0.15, 0.2) is 140 Å². The van der Waals surface area contributed by atoms with Gasteiger partial charge in [-0.3, -0.25) is 4.98 Å². The van der Waals surface area contributed by atoms with E-state index < -0.39 is 0 Å². The van der Waals surface area contributed by atoms with Crippen molar-refractivity contribution < 1.29 is 0 Å². The van der Waals surface area contributed by atoms with Crippen LogP contribution in [0.5, 0.6) is 0 Å². The zero-order valence-electron chi connectivity index (χ0n) is 43.9. The van der Waals surface area contributed by atoms with Crippen molar-refractivity contribution in [3.8, 4) is 11.1 Å². The predicted molar refractivity (Wildman–Crippen MR) is 299 cm³/mol. The number of aromatic nitrogens is 1. The lowest BCUT2D eigenvalue weighted by atomic mass is 9.33. The fourth-order valence-corrected chi connectivity index (χ4v) is 13.7. The number of pyridine rings is 1. The first kappa shape index (κ1) is 45.1. The molecular weight excluding hydrogens is 848 g/mol. The molecule has 4 heterocycles. The fourth-order valence-electron chi connectivity index (χ4n) is 13.7. The highest BCUT2D eigenvalue weighted by Crippen LogP contribution is 2.62. The van der Waals surface area contributed by atoms with Crippen LogP contribution in [0.4, 0.5) is 45.5 Å². The Hall–Kier alpha value is -6.07. The molecule has 3 aliphatic heterocycles. The second-order valence-corrected chi connectivity index (χ2v) is 25.5. The molecule has 4 nitrogen and oxygen atoms in total. The summed E-state index contributed by atoms with van der Waals surface area (Å²) in [5.41, 5.74) is 23.7. The Labute approximate surface area is 419 Å². The third kappa shape index (κ3) is 6.58. The van der Waals surface area contributed by atoms with Crippen LogP contribution >= 0.6 is 0 Å². The van der Waals surface area contributed by atoms with Gasteiger partial charge in [0.05, 0.1) is 5.54 Å². The van der Waals surface area contributed by atoms with Crippen molar-refractivity contribution >= 4 is 68.6 Å². The Bertz CT molecular complexity index is 3250. The molecule has 1 aromatic heterocycles. The third-order valence-corrected chi connectivity index (χ3v) is 18.3. The topological polar surface area (TPSA) is 22.6 Å². The van der Waals surface area contributed by atoms with E-state index in [-0.39, 0.29) is 39.3 Å². The lowest BCUT2D eigenvalue weighted by Gasteiger charge is -2.51. The molecule has 2 unspecified atom stereocenters. The van der Waals surface area contributed by atoms with Gasteiger partial charge in [-0.15, -0.1) is 0 Å². The monoisotopic (exact) mass is 919 g/mol. The van der Waals surface area contributed by atoms with Crippen LogP contribution in [0, 0.1) is 0 Å². The van der Waals surface area contributed by atoms with Crippen molar-refractivity contribution in [3.63, 3.8) is 0 Å². The Balaban J connectivity index is 1.21. The first-order chi connectivity index (χ1) is 33.2. The minimum Gasteiger partial charge on any atom is -0.334 e. The number of para-hydroxylation sites is 1. The largest absolute Gasteiger partial charge is 0.334 e. The highest BCUT2D eigenvalue weighted by molar-refractivity contribution is 7.00. The average molecular weight is 919 g/mol. The third-order valence-electron chi connectivity index (χ3n) is 18.3. The summed E-state index contributed by atoms with van der Waals surface area (Å²) < 4.78 is 0. The molecule has 0 radical (unpaired) electrons. The van der Waals surface area contributed by atoms with Crippen LogP contribution in [-0.2, 0) is 27.1 Å². The predicted octanol–water partition coefficient (Wildman–Crippen LogP) is 15.5. The molecule has 354 valence electrons. The maximum absolute atomic E-state index is 4.38. The molecule has 2 atom stereocenters. The Morgan fingerprint density at radius 3 is 1.76 bits per heavy atom. The summed E-state index contributed by atoms with van der Waals surface area (Å²) in [6.45, 7) is 29.2. The standard InChI is InChI=1S/C65H71BN4/c1-60(2,3)44-19-18-22-47(36-44)69-55-37-45(61(4,5)6)24-25-52(55)66-53-40-49-50(63(9,10)32-31-62(49,7)8)41-56(53)68(46-20-14-13-15-21-46)57-38-48(39-58(69)59(57)66)70-54-26-23-43(42-27-33-67-34-28-42)35-51(54)64(11)29-16-17-30-65(64,70)12/h13-15,18-28,33-41H,16-17,29-32H2,1-12H3. The van der Waals surface area contributed by atoms with Crippen molar-refractivity contribution in [1.29, 1.82) is 0 Å². The van der Waals surface area contributed by atoms with Gasteiger partial charge in [0, 0.05) is 63.3 Å². The number of nitrogens with zero attached hydrogens (tertiary/aromatic N) is 4. The van der Waals surface area contributed by atoms with Gasteiger partial charge in [-0.2, -0.15) is 0 Å². The van der Waals surface area contributed by atoms with E-state index in [1.807, 2.05) is 12.4 Å². The summed E-state index contributed by atoms with van der Waals surface area (Å²) in [7, 11) is 0. The van der Waals surface area contributed by atoms with Crippen LogP contribution in [0.3, 0.4) is 0 Å². The molecule has 0 amide bonds. The summed E-state index contributed by atoms with van der Waals surface area (Å²) in [5.74, 6) is 0. The van der Waals surface area contributed by atoms with Crippen molar-refractivity contribution in [2.24, 2.45) is 0 Å². The summed E-state index contributed by atoms with van der Waals surface area (Å²) >= 11 is 0. The highest BCUT2D eigenvalue weighted by Gasteiger charge is 2.58. The molecule has 1 fully saturated rings. The van der Waals surface area contributed by atoms with Gasteiger partial charge in [-0.05, 0) is 182 Å². The average Bonchev–Trinajstić information content (AvgIpc) is 3.54. The van der Waals surface area contributed by atoms with E-state index in [9.17, 15) is 0 Å². The minimum absolute atomic E-state index is 0.0236. The molecule has 5 aliphatic rings. The second-order valence-electron chi connectivity index (χ2n) is 25.5. The van der Waals surface area contributed by atoms with E-state index in [4.69, 9.17) is 0 Å². The molecule has 5 heteroatoms. The van der Waals surface area contributed by atoms with Crippen molar-refractivity contribution in [2.45, 2.75) is 154 Å². The first-order valence-electron chi connectivity index (χ1n) is 26.3. The molecule has 0 bridgehead atoms. The number of rotatable bonds is 4. The molecule has 7 aromatic rings. The molecular formula is C65H71BN4. The maximum Gasteiger partial charge on any atom is 0.252 e.